The van der Waals surface area contributed by atoms with Crippen molar-refractivity contribution in [3.63, 3.8) is 0 Å². The molecule has 2 rings (SSSR count). The molecule has 1 saturated heterocycles. The Balaban J connectivity index is 1.94. The normalized spacial score (nSPS) is 15.5. The van der Waals surface area contributed by atoms with Gasteiger partial charge in [-0.05, 0) is 37.0 Å². The smallest absolute Gasteiger partial charge is 0.246 e. The van der Waals surface area contributed by atoms with Crippen LogP contribution in [0.4, 0.5) is 0 Å². The Hall–Kier alpha value is -2.23. The van der Waals surface area contributed by atoms with Crippen LogP contribution in [0.5, 0.6) is 11.5 Å². The summed E-state index contributed by atoms with van der Waals surface area (Å²) in [7, 11) is 3.23. The third-order valence-corrected chi connectivity index (χ3v) is 3.71. The standard InChI is InChI=1S/C18H23NO3/c1-21-16-11-10-15(14-17(16)22-2)8-4-5-9-18(20)19-12-6-3-7-13-19/h4-5,8-11,14H,3,6-7,12-13H2,1-2H3. The summed E-state index contributed by atoms with van der Waals surface area (Å²) in [6, 6.07) is 5.70. The average Bonchev–Trinajstić information content (AvgIpc) is 2.59. The minimum Gasteiger partial charge on any atom is -0.493 e. The highest BCUT2D eigenvalue weighted by Gasteiger charge is 2.13. The van der Waals surface area contributed by atoms with Crippen LogP contribution >= 0.6 is 0 Å². The van der Waals surface area contributed by atoms with Crippen LogP contribution < -0.4 is 9.47 Å². The number of likely N-dealkylation sites (tertiary alicyclic amines) is 1. The van der Waals surface area contributed by atoms with Gasteiger partial charge in [0.2, 0.25) is 5.91 Å². The number of allylic oxidation sites excluding steroid dienone is 2. The molecular formula is C18H23NO3. The summed E-state index contributed by atoms with van der Waals surface area (Å²) in [6.07, 6.45) is 10.7. The van der Waals surface area contributed by atoms with Crippen LogP contribution in [0.15, 0.2) is 36.4 Å². The zero-order valence-corrected chi connectivity index (χ0v) is 13.2. The largest absolute Gasteiger partial charge is 0.493 e. The summed E-state index contributed by atoms with van der Waals surface area (Å²) in [4.78, 5) is 13.9. The van der Waals surface area contributed by atoms with E-state index in [9.17, 15) is 4.79 Å². The van der Waals surface area contributed by atoms with Crippen molar-refractivity contribution >= 4 is 12.0 Å². The predicted octanol–water partition coefficient (Wildman–Crippen LogP) is 3.29. The quantitative estimate of drug-likeness (QED) is 0.619. The summed E-state index contributed by atoms with van der Waals surface area (Å²) in [6.45, 7) is 1.76. The second-order valence-corrected chi connectivity index (χ2v) is 5.22. The molecule has 0 bridgehead atoms. The number of piperidine rings is 1. The molecule has 1 aromatic carbocycles. The molecule has 0 unspecified atom stereocenters. The molecule has 0 radical (unpaired) electrons. The Bertz CT molecular complexity index is 557. The first kappa shape index (κ1) is 16.1. The molecule has 0 aromatic heterocycles. The Morgan fingerprint density at radius 2 is 1.77 bits per heavy atom. The minimum absolute atomic E-state index is 0.0941. The van der Waals surface area contributed by atoms with Gasteiger partial charge in [-0.25, -0.2) is 0 Å². The Morgan fingerprint density at radius 1 is 1.05 bits per heavy atom. The number of methoxy groups -OCH3 is 2. The fourth-order valence-electron chi connectivity index (χ4n) is 2.48. The van der Waals surface area contributed by atoms with E-state index in [1.54, 1.807) is 26.4 Å². The third-order valence-electron chi connectivity index (χ3n) is 3.71. The van der Waals surface area contributed by atoms with Crippen LogP contribution in [-0.2, 0) is 4.79 Å². The van der Waals surface area contributed by atoms with Crippen molar-refractivity contribution in [3.05, 3.63) is 42.0 Å². The van der Waals surface area contributed by atoms with E-state index >= 15 is 0 Å². The topological polar surface area (TPSA) is 38.8 Å². The maximum atomic E-state index is 12.0. The first-order valence-electron chi connectivity index (χ1n) is 7.60. The van der Waals surface area contributed by atoms with Crippen LogP contribution in [0.25, 0.3) is 6.08 Å². The molecular weight excluding hydrogens is 278 g/mol. The van der Waals surface area contributed by atoms with E-state index in [0.29, 0.717) is 11.5 Å². The number of benzene rings is 1. The second kappa shape index (κ2) is 8.27. The summed E-state index contributed by atoms with van der Waals surface area (Å²) in [5, 5.41) is 0. The zero-order chi connectivity index (χ0) is 15.8. The molecule has 4 heteroatoms. The number of nitrogens with zero attached hydrogens (tertiary/aromatic N) is 1. The SMILES string of the molecule is COc1ccc(C=CC=CC(=O)N2CCCCC2)cc1OC. The lowest BCUT2D eigenvalue weighted by molar-refractivity contribution is -0.126. The van der Waals surface area contributed by atoms with Crippen molar-refractivity contribution in [2.24, 2.45) is 0 Å². The van der Waals surface area contributed by atoms with E-state index in [2.05, 4.69) is 0 Å². The summed E-state index contributed by atoms with van der Waals surface area (Å²) in [5.74, 6) is 1.49. The van der Waals surface area contributed by atoms with Gasteiger partial charge in [0.25, 0.3) is 0 Å². The lowest BCUT2D eigenvalue weighted by Gasteiger charge is -2.25. The number of carbonyl (C=O) groups is 1. The fourth-order valence-corrected chi connectivity index (χ4v) is 2.48. The molecule has 1 aliphatic rings. The first-order chi connectivity index (χ1) is 10.7. The molecule has 4 nitrogen and oxygen atoms in total. The molecule has 1 aromatic rings. The highest BCUT2D eigenvalue weighted by molar-refractivity contribution is 5.88. The number of amides is 1. The lowest BCUT2D eigenvalue weighted by Crippen LogP contribution is -2.34. The van der Waals surface area contributed by atoms with Crippen molar-refractivity contribution in [2.75, 3.05) is 27.3 Å². The highest BCUT2D eigenvalue weighted by atomic mass is 16.5. The van der Waals surface area contributed by atoms with Gasteiger partial charge < -0.3 is 14.4 Å². The van der Waals surface area contributed by atoms with Gasteiger partial charge in [-0.15, -0.1) is 0 Å². The summed E-state index contributed by atoms with van der Waals surface area (Å²) >= 11 is 0. The molecule has 1 fully saturated rings. The monoisotopic (exact) mass is 301 g/mol. The zero-order valence-electron chi connectivity index (χ0n) is 13.2. The van der Waals surface area contributed by atoms with Crippen molar-refractivity contribution in [3.8, 4) is 11.5 Å². The maximum Gasteiger partial charge on any atom is 0.246 e. The summed E-state index contributed by atoms with van der Waals surface area (Å²) in [5.41, 5.74) is 0.993. The van der Waals surface area contributed by atoms with Crippen LogP contribution in [0, 0.1) is 0 Å². The van der Waals surface area contributed by atoms with Crippen molar-refractivity contribution in [1.82, 2.24) is 4.90 Å². The molecule has 1 amide bonds. The number of carbonyl (C=O) groups excluding carboxylic acids is 1. The lowest BCUT2D eigenvalue weighted by atomic mass is 10.1. The van der Waals surface area contributed by atoms with Crippen molar-refractivity contribution < 1.29 is 14.3 Å². The van der Waals surface area contributed by atoms with Crippen LogP contribution in [0.3, 0.4) is 0 Å². The van der Waals surface area contributed by atoms with Crippen molar-refractivity contribution in [2.45, 2.75) is 19.3 Å². The van der Waals surface area contributed by atoms with E-state index in [1.165, 1.54) is 6.42 Å². The van der Waals surface area contributed by atoms with Gasteiger partial charge in [0.05, 0.1) is 14.2 Å². The molecule has 1 aliphatic heterocycles. The van der Waals surface area contributed by atoms with Gasteiger partial charge in [0.15, 0.2) is 11.5 Å². The number of hydrogen-bond acceptors (Lipinski definition) is 3. The van der Waals surface area contributed by atoms with E-state index in [0.717, 1.165) is 31.5 Å². The molecule has 0 aliphatic carbocycles. The van der Waals surface area contributed by atoms with Gasteiger partial charge in [0.1, 0.15) is 0 Å². The van der Waals surface area contributed by atoms with Crippen LogP contribution in [-0.4, -0.2) is 38.1 Å². The summed E-state index contributed by atoms with van der Waals surface area (Å²) < 4.78 is 10.5. The first-order valence-corrected chi connectivity index (χ1v) is 7.60. The predicted molar refractivity (Wildman–Crippen MR) is 88.2 cm³/mol. The Kier molecular flexibility index (Phi) is 6.07. The number of hydrogen-bond donors (Lipinski definition) is 0. The minimum atomic E-state index is 0.0941. The molecule has 0 N–H and O–H groups in total. The molecule has 0 saturated carbocycles. The van der Waals surface area contributed by atoms with Gasteiger partial charge >= 0.3 is 0 Å². The highest BCUT2D eigenvalue weighted by Crippen LogP contribution is 2.27. The maximum absolute atomic E-state index is 12.0. The molecule has 0 atom stereocenters. The van der Waals surface area contributed by atoms with E-state index in [4.69, 9.17) is 9.47 Å². The van der Waals surface area contributed by atoms with E-state index in [-0.39, 0.29) is 5.91 Å². The van der Waals surface area contributed by atoms with Gasteiger partial charge in [-0.1, -0.05) is 24.3 Å². The molecule has 22 heavy (non-hydrogen) atoms. The molecule has 118 valence electrons. The Morgan fingerprint density at radius 3 is 2.45 bits per heavy atom. The third kappa shape index (κ3) is 4.38. The number of ether oxygens (including phenoxy) is 2. The van der Waals surface area contributed by atoms with Gasteiger partial charge in [-0.2, -0.15) is 0 Å². The second-order valence-electron chi connectivity index (χ2n) is 5.22. The van der Waals surface area contributed by atoms with Crippen LogP contribution in [0.1, 0.15) is 24.8 Å². The van der Waals surface area contributed by atoms with Crippen molar-refractivity contribution in [1.29, 1.82) is 0 Å². The average molecular weight is 301 g/mol. The van der Waals surface area contributed by atoms with Gasteiger partial charge in [-0.3, -0.25) is 4.79 Å². The van der Waals surface area contributed by atoms with Gasteiger partial charge in [0, 0.05) is 19.2 Å². The number of rotatable bonds is 5. The molecule has 0 spiro atoms. The fraction of sp³-hybridized carbons (Fsp3) is 0.389. The Labute approximate surface area is 132 Å². The van der Waals surface area contributed by atoms with E-state index < -0.39 is 0 Å². The van der Waals surface area contributed by atoms with E-state index in [1.807, 2.05) is 35.3 Å². The van der Waals surface area contributed by atoms with Crippen LogP contribution in [0.2, 0.25) is 0 Å². The molecule has 1 heterocycles.